The molecular weight excluding hydrogens is 246 g/mol. The van der Waals surface area contributed by atoms with E-state index in [0.29, 0.717) is 0 Å². The van der Waals surface area contributed by atoms with E-state index < -0.39 is 0 Å². The Hall–Kier alpha value is -2.09. The van der Waals surface area contributed by atoms with Crippen LogP contribution in [-0.2, 0) is 11.2 Å². The number of benzene rings is 2. The van der Waals surface area contributed by atoms with E-state index in [1.165, 1.54) is 16.7 Å². The lowest BCUT2D eigenvalue weighted by atomic mass is 9.90. The van der Waals surface area contributed by atoms with E-state index in [4.69, 9.17) is 0 Å². The number of anilines is 1. The van der Waals surface area contributed by atoms with Gasteiger partial charge in [-0.05, 0) is 49.4 Å². The van der Waals surface area contributed by atoms with Crippen LogP contribution in [0.3, 0.4) is 0 Å². The van der Waals surface area contributed by atoms with Gasteiger partial charge >= 0.3 is 0 Å². The lowest BCUT2D eigenvalue weighted by molar-refractivity contribution is -0.117. The van der Waals surface area contributed by atoms with Crippen molar-refractivity contribution in [1.29, 1.82) is 0 Å². The van der Waals surface area contributed by atoms with Crippen molar-refractivity contribution in [2.24, 2.45) is 0 Å². The largest absolute Gasteiger partial charge is 0.325 e. The predicted octanol–water partition coefficient (Wildman–Crippen LogP) is 3.89. The summed E-state index contributed by atoms with van der Waals surface area (Å²) in [6.45, 7) is 6.24. The highest BCUT2D eigenvalue weighted by Crippen LogP contribution is 2.38. The third kappa shape index (κ3) is 2.11. The Morgan fingerprint density at radius 1 is 1.05 bits per heavy atom. The van der Waals surface area contributed by atoms with Crippen LogP contribution in [0, 0.1) is 20.8 Å². The van der Waals surface area contributed by atoms with Gasteiger partial charge in [-0.1, -0.05) is 42.0 Å². The molecule has 1 atom stereocenters. The molecule has 2 aromatic carbocycles. The minimum absolute atomic E-state index is 0.0651. The second-order valence-corrected chi connectivity index (χ2v) is 5.72. The third-order valence-corrected chi connectivity index (χ3v) is 4.14. The molecule has 102 valence electrons. The number of nitrogens with one attached hydrogen (secondary N) is 1. The molecule has 0 spiro atoms. The maximum Gasteiger partial charge on any atom is 0.232 e. The summed E-state index contributed by atoms with van der Waals surface area (Å²) in [6, 6.07) is 12.6. The van der Waals surface area contributed by atoms with Crippen molar-refractivity contribution in [3.63, 3.8) is 0 Å². The zero-order chi connectivity index (χ0) is 14.3. The van der Waals surface area contributed by atoms with Crippen molar-refractivity contribution in [2.75, 3.05) is 5.32 Å². The minimum atomic E-state index is -0.0651. The van der Waals surface area contributed by atoms with Gasteiger partial charge in [-0.3, -0.25) is 4.79 Å². The molecule has 1 aliphatic heterocycles. The smallest absolute Gasteiger partial charge is 0.232 e. The summed E-state index contributed by atoms with van der Waals surface area (Å²) in [7, 11) is 0. The molecule has 0 unspecified atom stereocenters. The molecule has 1 heterocycles. The van der Waals surface area contributed by atoms with Gasteiger partial charge in [0.2, 0.25) is 5.91 Å². The zero-order valence-corrected chi connectivity index (χ0v) is 12.2. The fraction of sp³-hybridized carbons (Fsp3) is 0.278. The molecule has 0 bridgehead atoms. The van der Waals surface area contributed by atoms with Crippen molar-refractivity contribution in [3.05, 3.63) is 64.2 Å². The van der Waals surface area contributed by atoms with Gasteiger partial charge in [-0.15, -0.1) is 0 Å². The average Bonchev–Trinajstić information content (AvgIpc) is 2.70. The van der Waals surface area contributed by atoms with E-state index in [9.17, 15) is 4.79 Å². The van der Waals surface area contributed by atoms with Crippen molar-refractivity contribution in [2.45, 2.75) is 33.1 Å². The Morgan fingerprint density at radius 2 is 1.80 bits per heavy atom. The molecule has 2 heteroatoms. The molecule has 0 fully saturated rings. The second kappa shape index (κ2) is 4.78. The van der Waals surface area contributed by atoms with Crippen LogP contribution in [0.5, 0.6) is 0 Å². The maximum absolute atomic E-state index is 12.3. The first-order chi connectivity index (χ1) is 9.56. The van der Waals surface area contributed by atoms with Crippen LogP contribution in [0.1, 0.15) is 33.7 Å². The van der Waals surface area contributed by atoms with E-state index in [0.717, 1.165) is 23.2 Å². The molecule has 2 aromatic rings. The Kier molecular flexibility index (Phi) is 3.09. The van der Waals surface area contributed by atoms with Gasteiger partial charge in [-0.25, -0.2) is 0 Å². The number of carbonyl (C=O) groups excluding carboxylic acids is 1. The summed E-state index contributed by atoms with van der Waals surface area (Å²) in [5.41, 5.74) is 7.03. The topological polar surface area (TPSA) is 29.1 Å². The van der Waals surface area contributed by atoms with E-state index in [-0.39, 0.29) is 11.8 Å². The molecule has 0 radical (unpaired) electrons. The predicted molar refractivity (Wildman–Crippen MR) is 82.2 cm³/mol. The monoisotopic (exact) mass is 265 g/mol. The zero-order valence-electron chi connectivity index (χ0n) is 12.2. The van der Waals surface area contributed by atoms with Gasteiger partial charge < -0.3 is 5.32 Å². The number of amides is 1. The number of hydrogen-bond acceptors (Lipinski definition) is 1. The number of fused-ring (bicyclic) bond motifs is 1. The molecule has 0 aromatic heterocycles. The highest BCUT2D eigenvalue weighted by atomic mass is 16.2. The Morgan fingerprint density at radius 3 is 2.55 bits per heavy atom. The van der Waals surface area contributed by atoms with E-state index in [1.54, 1.807) is 0 Å². The molecular formula is C18H19NO. The Balaban J connectivity index is 2.01. The molecule has 1 amide bonds. The van der Waals surface area contributed by atoms with E-state index >= 15 is 0 Å². The Labute approximate surface area is 119 Å². The molecule has 0 saturated heterocycles. The van der Waals surface area contributed by atoms with Crippen LogP contribution in [-0.4, -0.2) is 5.91 Å². The van der Waals surface area contributed by atoms with Crippen LogP contribution in [0.15, 0.2) is 36.4 Å². The standard InChI is InChI=1S/C18H19NO/c1-11-8-13(3)17-15(9-11)16(18(20)19-17)10-14-7-5-4-6-12(14)2/h4-9,16H,10H2,1-3H3,(H,19,20)/t16-/m0/s1. The third-order valence-electron chi connectivity index (χ3n) is 4.14. The summed E-state index contributed by atoms with van der Waals surface area (Å²) >= 11 is 0. The van der Waals surface area contributed by atoms with Crippen molar-refractivity contribution in [1.82, 2.24) is 0 Å². The van der Waals surface area contributed by atoms with Gasteiger partial charge in [0.15, 0.2) is 0 Å². The van der Waals surface area contributed by atoms with Gasteiger partial charge in [-0.2, -0.15) is 0 Å². The first-order valence-corrected chi connectivity index (χ1v) is 7.03. The minimum Gasteiger partial charge on any atom is -0.325 e. The van der Waals surface area contributed by atoms with Gasteiger partial charge in [0, 0.05) is 5.69 Å². The summed E-state index contributed by atoms with van der Waals surface area (Å²) in [4.78, 5) is 12.3. The summed E-state index contributed by atoms with van der Waals surface area (Å²) in [5, 5.41) is 3.04. The Bertz CT molecular complexity index is 688. The average molecular weight is 265 g/mol. The second-order valence-electron chi connectivity index (χ2n) is 5.72. The van der Waals surface area contributed by atoms with E-state index in [1.807, 2.05) is 12.1 Å². The number of hydrogen-bond donors (Lipinski definition) is 1. The van der Waals surface area contributed by atoms with Crippen LogP contribution in [0.4, 0.5) is 5.69 Å². The first-order valence-electron chi connectivity index (χ1n) is 7.03. The fourth-order valence-corrected chi connectivity index (χ4v) is 3.06. The molecule has 3 rings (SSSR count). The number of rotatable bonds is 2. The molecule has 1 N–H and O–H groups in total. The van der Waals surface area contributed by atoms with Crippen molar-refractivity contribution >= 4 is 11.6 Å². The molecule has 0 aliphatic carbocycles. The highest BCUT2D eigenvalue weighted by molar-refractivity contribution is 6.04. The molecule has 0 saturated carbocycles. The lowest BCUT2D eigenvalue weighted by Gasteiger charge is -2.12. The normalized spacial score (nSPS) is 16.9. The lowest BCUT2D eigenvalue weighted by Crippen LogP contribution is -2.14. The van der Waals surface area contributed by atoms with Gasteiger partial charge in [0.25, 0.3) is 0 Å². The fourth-order valence-electron chi connectivity index (χ4n) is 3.06. The molecule has 2 nitrogen and oxygen atoms in total. The summed E-state index contributed by atoms with van der Waals surface area (Å²) in [6.07, 6.45) is 0.772. The van der Waals surface area contributed by atoms with Crippen LogP contribution in [0.2, 0.25) is 0 Å². The van der Waals surface area contributed by atoms with Gasteiger partial charge in [0.05, 0.1) is 5.92 Å². The first kappa shape index (κ1) is 12.9. The maximum atomic E-state index is 12.3. The van der Waals surface area contributed by atoms with E-state index in [2.05, 4.69) is 50.4 Å². The number of aryl methyl sites for hydroxylation is 3. The van der Waals surface area contributed by atoms with Crippen molar-refractivity contribution in [3.8, 4) is 0 Å². The SMILES string of the molecule is Cc1cc(C)c2c(c1)[C@H](Cc1ccccc1C)C(=O)N2. The van der Waals surface area contributed by atoms with Crippen LogP contribution < -0.4 is 5.32 Å². The highest BCUT2D eigenvalue weighted by Gasteiger charge is 2.31. The van der Waals surface area contributed by atoms with Crippen LogP contribution in [0.25, 0.3) is 0 Å². The summed E-state index contributed by atoms with van der Waals surface area (Å²) < 4.78 is 0. The van der Waals surface area contributed by atoms with Gasteiger partial charge in [0.1, 0.15) is 0 Å². The molecule has 20 heavy (non-hydrogen) atoms. The molecule has 1 aliphatic rings. The van der Waals surface area contributed by atoms with Crippen molar-refractivity contribution < 1.29 is 4.79 Å². The number of carbonyl (C=O) groups is 1. The quantitative estimate of drug-likeness (QED) is 0.877. The van der Waals surface area contributed by atoms with Crippen LogP contribution >= 0.6 is 0 Å². The summed E-state index contributed by atoms with van der Waals surface area (Å²) in [5.74, 6) is 0.0571.